The molecule has 0 unspecified atom stereocenters. The first-order valence-electron chi connectivity index (χ1n) is 9.19. The van der Waals surface area contributed by atoms with E-state index in [1.807, 2.05) is 56.3 Å². The minimum atomic E-state index is -3.64. The van der Waals surface area contributed by atoms with Gasteiger partial charge < -0.3 is 14.0 Å². The van der Waals surface area contributed by atoms with Crippen molar-refractivity contribution in [3.63, 3.8) is 0 Å². The third-order valence-corrected chi connectivity index (χ3v) is 6.16. The number of aromatic amines is 1. The van der Waals surface area contributed by atoms with Crippen molar-refractivity contribution in [1.82, 2.24) is 4.98 Å². The van der Waals surface area contributed by atoms with Gasteiger partial charge in [-0.05, 0) is 47.4 Å². The van der Waals surface area contributed by atoms with Crippen molar-refractivity contribution in [2.24, 2.45) is 0 Å². The van der Waals surface area contributed by atoms with Crippen LogP contribution < -0.4 is 10.9 Å². The van der Waals surface area contributed by atoms with Gasteiger partial charge in [0.15, 0.2) is 0 Å². The number of H-pyrrole nitrogens is 1. The maximum absolute atomic E-state index is 13.1. The molecule has 0 saturated carbocycles. The molecule has 0 radical (unpaired) electrons. The van der Waals surface area contributed by atoms with Gasteiger partial charge in [-0.1, -0.05) is 50.2 Å². The topological polar surface area (TPSA) is 68.4 Å². The van der Waals surface area contributed by atoms with Gasteiger partial charge in [-0.2, -0.15) is 0 Å². The van der Waals surface area contributed by atoms with Crippen LogP contribution in [0.15, 0.2) is 59.4 Å². The summed E-state index contributed by atoms with van der Waals surface area (Å²) < 4.78 is 24.0. The van der Waals surface area contributed by atoms with Crippen LogP contribution in [0.1, 0.15) is 26.7 Å². The van der Waals surface area contributed by atoms with E-state index < -0.39 is 13.2 Å². The van der Waals surface area contributed by atoms with Crippen molar-refractivity contribution >= 4 is 23.7 Å². The fraction of sp³-hybridized carbons (Fsp3) is 0.286. The predicted molar refractivity (Wildman–Crippen MR) is 110 cm³/mol. The second kappa shape index (κ2) is 8.66. The summed E-state index contributed by atoms with van der Waals surface area (Å²) in [4.78, 5) is 15.5. The minimum Gasteiger partial charge on any atom is -0.321 e. The molecule has 1 aromatic heterocycles. The van der Waals surface area contributed by atoms with Crippen molar-refractivity contribution in [3.8, 4) is 11.3 Å². The van der Waals surface area contributed by atoms with Crippen LogP contribution in [-0.4, -0.2) is 18.2 Å². The van der Waals surface area contributed by atoms with Gasteiger partial charge >= 0.3 is 7.60 Å². The molecule has 0 aliphatic heterocycles. The Morgan fingerprint density at radius 2 is 1.56 bits per heavy atom. The molecule has 3 rings (SSSR count). The van der Waals surface area contributed by atoms with Crippen LogP contribution in [0, 0.1) is 0 Å². The summed E-state index contributed by atoms with van der Waals surface area (Å²) in [5, 5.41) is 2.27. The van der Waals surface area contributed by atoms with Crippen LogP contribution >= 0.6 is 7.60 Å². The first-order chi connectivity index (χ1) is 13.1. The monoisotopic (exact) mass is 385 g/mol. The standard InChI is InChI=1S/C21H24NO4P/c1-3-13-25-27(24,26-14-4-2)20-12-11-19(22-21(20)23)18-10-9-16-7-5-6-8-17(16)15-18/h5-12,15H,3-4,13-14H2,1-2H3,(H,22,23). The van der Waals surface area contributed by atoms with Crippen molar-refractivity contribution in [3.05, 3.63) is 65.0 Å². The third kappa shape index (κ3) is 4.38. The molecule has 0 saturated heterocycles. The number of aromatic nitrogens is 1. The number of benzene rings is 2. The lowest BCUT2D eigenvalue weighted by molar-refractivity contribution is 0.213. The van der Waals surface area contributed by atoms with E-state index in [4.69, 9.17) is 9.05 Å². The molecule has 0 aliphatic rings. The average molecular weight is 385 g/mol. The number of hydrogen-bond donors (Lipinski definition) is 1. The van der Waals surface area contributed by atoms with Gasteiger partial charge in [-0.25, -0.2) is 0 Å². The van der Waals surface area contributed by atoms with Crippen molar-refractivity contribution in [2.75, 3.05) is 13.2 Å². The fourth-order valence-electron chi connectivity index (χ4n) is 2.81. The van der Waals surface area contributed by atoms with Gasteiger partial charge in [0.05, 0.1) is 13.2 Å². The highest BCUT2D eigenvalue weighted by atomic mass is 31.2. The van der Waals surface area contributed by atoms with Gasteiger partial charge in [0.1, 0.15) is 5.30 Å². The van der Waals surface area contributed by atoms with Gasteiger partial charge in [0, 0.05) is 5.69 Å². The van der Waals surface area contributed by atoms with Crippen LogP contribution in [0.3, 0.4) is 0 Å². The zero-order valence-electron chi connectivity index (χ0n) is 15.6. The lowest BCUT2D eigenvalue weighted by Crippen LogP contribution is -2.29. The zero-order chi connectivity index (χ0) is 19.3. The molecule has 2 aromatic carbocycles. The molecule has 27 heavy (non-hydrogen) atoms. The summed E-state index contributed by atoms with van der Waals surface area (Å²) in [5.74, 6) is 0. The summed E-state index contributed by atoms with van der Waals surface area (Å²) in [6, 6.07) is 17.3. The second-order valence-electron chi connectivity index (χ2n) is 6.31. The number of rotatable bonds is 8. The Labute approximate surface area is 158 Å². The summed E-state index contributed by atoms with van der Waals surface area (Å²) in [7, 11) is -3.64. The Hall–Kier alpha value is -2.20. The van der Waals surface area contributed by atoms with E-state index in [9.17, 15) is 9.36 Å². The Morgan fingerprint density at radius 3 is 2.19 bits per heavy atom. The Bertz CT molecular complexity index is 1020. The molecule has 0 amide bonds. The normalized spacial score (nSPS) is 11.8. The third-order valence-electron chi connectivity index (χ3n) is 4.17. The van der Waals surface area contributed by atoms with E-state index in [0.717, 1.165) is 16.3 Å². The first kappa shape index (κ1) is 19.6. The van der Waals surface area contributed by atoms with Crippen LogP contribution in [0.25, 0.3) is 22.0 Å². The lowest BCUT2D eigenvalue weighted by Gasteiger charge is -2.18. The molecule has 0 atom stereocenters. The molecule has 0 spiro atoms. The highest BCUT2D eigenvalue weighted by Crippen LogP contribution is 2.46. The molecule has 3 aromatic rings. The number of fused-ring (bicyclic) bond motifs is 1. The summed E-state index contributed by atoms with van der Waals surface area (Å²) in [6.45, 7) is 4.37. The molecule has 5 nitrogen and oxygen atoms in total. The highest BCUT2D eigenvalue weighted by molar-refractivity contribution is 7.62. The first-order valence-corrected chi connectivity index (χ1v) is 10.7. The summed E-state index contributed by atoms with van der Waals surface area (Å²) in [6.07, 6.45) is 1.37. The maximum atomic E-state index is 13.1. The quantitative estimate of drug-likeness (QED) is 0.562. The predicted octanol–water partition coefficient (Wildman–Crippen LogP) is 4.87. The molecule has 1 N–H and O–H groups in total. The Kier molecular flexibility index (Phi) is 6.27. The van der Waals surface area contributed by atoms with E-state index in [0.29, 0.717) is 18.5 Å². The molecule has 0 aliphatic carbocycles. The minimum absolute atomic E-state index is 0.0499. The van der Waals surface area contributed by atoms with Crippen LogP contribution in [0.5, 0.6) is 0 Å². The average Bonchev–Trinajstić information content (AvgIpc) is 2.70. The zero-order valence-corrected chi connectivity index (χ0v) is 16.5. The highest BCUT2D eigenvalue weighted by Gasteiger charge is 2.30. The Balaban J connectivity index is 1.98. The van der Waals surface area contributed by atoms with Gasteiger partial charge in [0.25, 0.3) is 5.56 Å². The largest absolute Gasteiger partial charge is 0.366 e. The number of nitrogens with one attached hydrogen (secondary N) is 1. The smallest absolute Gasteiger partial charge is 0.321 e. The van der Waals surface area contributed by atoms with E-state index in [1.54, 1.807) is 12.1 Å². The van der Waals surface area contributed by atoms with Crippen LogP contribution in [0.2, 0.25) is 0 Å². The second-order valence-corrected chi connectivity index (χ2v) is 8.31. The van der Waals surface area contributed by atoms with Gasteiger partial charge in [0.2, 0.25) is 0 Å². The van der Waals surface area contributed by atoms with Crippen molar-refractivity contribution in [1.29, 1.82) is 0 Å². The van der Waals surface area contributed by atoms with Crippen molar-refractivity contribution < 1.29 is 13.6 Å². The van der Waals surface area contributed by atoms with E-state index in [1.165, 1.54) is 0 Å². The number of hydrogen-bond acceptors (Lipinski definition) is 4. The SMILES string of the molecule is CCCOP(=O)(OCCC)c1ccc(-c2ccc3ccccc3c2)[nH]c1=O. The van der Waals surface area contributed by atoms with Gasteiger partial charge in [-0.3, -0.25) is 9.36 Å². The van der Waals surface area contributed by atoms with E-state index in [-0.39, 0.29) is 18.5 Å². The maximum Gasteiger partial charge on any atom is 0.366 e. The van der Waals surface area contributed by atoms with Crippen LogP contribution in [-0.2, 0) is 13.6 Å². The molecule has 6 heteroatoms. The lowest BCUT2D eigenvalue weighted by atomic mass is 10.0. The molecule has 0 fully saturated rings. The fourth-order valence-corrected chi connectivity index (χ4v) is 4.57. The van der Waals surface area contributed by atoms with E-state index in [2.05, 4.69) is 4.98 Å². The van der Waals surface area contributed by atoms with Crippen LogP contribution in [0.4, 0.5) is 0 Å². The Morgan fingerprint density at radius 1 is 0.889 bits per heavy atom. The molecular formula is C21H24NO4P. The molecule has 142 valence electrons. The summed E-state index contributed by atoms with van der Waals surface area (Å²) >= 11 is 0. The van der Waals surface area contributed by atoms with Gasteiger partial charge in [-0.15, -0.1) is 0 Å². The summed E-state index contributed by atoms with van der Waals surface area (Å²) in [5.41, 5.74) is 1.10. The molecule has 1 heterocycles. The van der Waals surface area contributed by atoms with E-state index >= 15 is 0 Å². The van der Waals surface area contributed by atoms with Crippen molar-refractivity contribution in [2.45, 2.75) is 26.7 Å². The molecular weight excluding hydrogens is 361 g/mol. The molecule has 0 bridgehead atoms. The number of pyridine rings is 1.